The van der Waals surface area contributed by atoms with E-state index in [9.17, 15) is 10.1 Å². The summed E-state index contributed by atoms with van der Waals surface area (Å²) in [7, 11) is 0. The van der Waals surface area contributed by atoms with E-state index in [1.807, 2.05) is 48.5 Å². The average molecular weight is 1560 g/mol. The van der Waals surface area contributed by atoms with Gasteiger partial charge in [0.15, 0.2) is 0 Å². The Labute approximate surface area is 516 Å². The van der Waals surface area contributed by atoms with Crippen molar-refractivity contribution < 1.29 is 81.2 Å². The first-order chi connectivity index (χ1) is 35.8. The number of hydrogen-bond acceptors (Lipinski definition) is 9. The van der Waals surface area contributed by atoms with Crippen molar-refractivity contribution in [2.45, 2.75) is 90.3 Å². The second kappa shape index (κ2) is 38.9. The Balaban J connectivity index is 0.000000479. The molecule has 1 aliphatic heterocycles. The number of pyridine rings is 1. The number of carbonyl (C=O) groups excluding carboxylic acids is 1. The molecule has 0 fully saturated rings. The summed E-state index contributed by atoms with van der Waals surface area (Å²) in [5, 5.41) is 20.3. The van der Waals surface area contributed by atoms with Gasteiger partial charge in [-0.05, 0) is 143 Å². The van der Waals surface area contributed by atoms with Gasteiger partial charge in [-0.15, -0.1) is 6.42 Å². The fourth-order valence-electron chi connectivity index (χ4n) is 8.29. The summed E-state index contributed by atoms with van der Waals surface area (Å²) in [6.07, 6.45) is 9.27. The van der Waals surface area contributed by atoms with Gasteiger partial charge in [-0.2, -0.15) is 18.1 Å². The number of rotatable bonds is 26. The van der Waals surface area contributed by atoms with E-state index in [0.717, 1.165) is 83.7 Å². The van der Waals surface area contributed by atoms with Crippen LogP contribution in [0.3, 0.4) is 0 Å². The third kappa shape index (κ3) is 23.8. The molecular formula is C62H76BrClN6O4U2. The maximum Gasteiger partial charge on any atom is 2.00 e. The first kappa shape index (κ1) is 68.5. The number of amides is 1. The Morgan fingerprint density at radius 1 is 0.882 bits per heavy atom. The number of allylic oxidation sites excluding steroid dienone is 1. The summed E-state index contributed by atoms with van der Waals surface area (Å²) in [4.78, 5) is 19.3. The number of halogens is 2. The molecule has 0 saturated heterocycles. The van der Waals surface area contributed by atoms with Gasteiger partial charge < -0.3 is 62.8 Å². The third-order valence-electron chi connectivity index (χ3n) is 12.0. The fraction of sp³-hybridized carbons (Fsp3) is 0.339. The molecule has 1 aliphatic rings. The molecule has 0 radical (unpaired) electrons. The number of hydrogen-bond donors (Lipinski definition) is 3. The number of anilines is 2. The van der Waals surface area contributed by atoms with Crippen LogP contribution in [0.15, 0.2) is 138 Å². The van der Waals surface area contributed by atoms with Gasteiger partial charge in [0.2, 0.25) is 0 Å². The number of aromatic nitrogens is 1. The molecule has 5 aromatic rings. The molecule has 0 aliphatic carbocycles. The van der Waals surface area contributed by atoms with Gasteiger partial charge in [0, 0.05) is 47.0 Å². The number of nitrogens with zero attached hydrogens (tertiary/aromatic N) is 3. The van der Waals surface area contributed by atoms with Gasteiger partial charge >= 0.3 is 62.2 Å². The van der Waals surface area contributed by atoms with Gasteiger partial charge in [-0.1, -0.05) is 112 Å². The molecule has 0 spiro atoms. The van der Waals surface area contributed by atoms with Crippen molar-refractivity contribution in [3.8, 4) is 17.2 Å². The van der Waals surface area contributed by atoms with Crippen LogP contribution in [0.4, 0.5) is 11.4 Å². The summed E-state index contributed by atoms with van der Waals surface area (Å²) >= 11 is 9.42. The van der Waals surface area contributed by atoms with Gasteiger partial charge in [0.05, 0.1) is 37.6 Å². The first-order valence-electron chi connectivity index (χ1n) is 25.5. The van der Waals surface area contributed by atoms with E-state index in [1.54, 1.807) is 12.1 Å². The van der Waals surface area contributed by atoms with Crippen molar-refractivity contribution in [2.75, 3.05) is 56.4 Å². The Bertz CT molecular complexity index is 2560. The molecule has 2 heterocycles. The predicted molar refractivity (Wildman–Crippen MR) is 312 cm³/mol. The molecule has 1 aromatic heterocycles. The van der Waals surface area contributed by atoms with Crippen LogP contribution in [-0.4, -0.2) is 63.1 Å². The number of carbonyl (C=O) groups is 1. The number of fused-ring (bicyclic) bond motifs is 1. The molecule has 1 unspecified atom stereocenters. The van der Waals surface area contributed by atoms with E-state index in [4.69, 9.17) is 25.8 Å². The summed E-state index contributed by atoms with van der Waals surface area (Å²) in [5.74, 6) is -0.396. The zero-order chi connectivity index (χ0) is 53.7. The first-order valence-corrected chi connectivity index (χ1v) is 26.7. The molecule has 400 valence electrons. The van der Waals surface area contributed by atoms with Crippen molar-refractivity contribution in [3.05, 3.63) is 199 Å². The molecule has 14 heteroatoms. The van der Waals surface area contributed by atoms with Crippen LogP contribution in [0.25, 0.3) is 22.9 Å². The Morgan fingerprint density at radius 3 is 2.14 bits per heavy atom. The summed E-state index contributed by atoms with van der Waals surface area (Å²) in [5.41, 5.74) is 11.7. The van der Waals surface area contributed by atoms with Crippen LogP contribution in [0.5, 0.6) is 0 Å². The normalized spacial score (nSPS) is 13.8. The van der Waals surface area contributed by atoms with Gasteiger partial charge in [0.25, 0.3) is 5.91 Å². The monoisotopic (exact) mass is 1560 g/mol. The number of nitriles is 1. The van der Waals surface area contributed by atoms with E-state index in [1.165, 1.54) is 34.9 Å². The van der Waals surface area contributed by atoms with E-state index < -0.39 is 5.91 Å². The number of benzene rings is 4. The van der Waals surface area contributed by atoms with Gasteiger partial charge in [0.1, 0.15) is 16.2 Å². The third-order valence-corrected chi connectivity index (χ3v) is 12.7. The van der Waals surface area contributed by atoms with Gasteiger partial charge in [-0.3, -0.25) is 4.79 Å². The van der Waals surface area contributed by atoms with Crippen molar-refractivity contribution >= 4 is 56.6 Å². The van der Waals surface area contributed by atoms with Crippen LogP contribution in [-0.2, 0) is 25.4 Å². The minimum atomic E-state index is -0.396. The SMILES string of the molecule is C=C(NCCOCCOC[CH2-])c1ccc(-c2ccc3c(c2)[C@H](Nc2ccc(Cl)cc2)C[C@H](C)N3C(=C)C)cc1.[CH2-]CCC[CH2-].[CH2-]COCCCc1ccc(C(CCC)NC(=O)/C(C#N)=C/c2cccc(Br)n2)cc1.[U+2].[U+2]. The van der Waals surface area contributed by atoms with Crippen LogP contribution in [0.1, 0.15) is 106 Å². The minimum Gasteiger partial charge on any atom is -0.413 e. The standard InChI is InChI=1S/C33H39ClN3O2.C24H27BrN3O2.C5H10.2U/c1-6-38-19-20-39-18-17-35-25(5)26-7-9-27(10-8-26)28-11-16-33-31(22-28)32(21-24(4)37(33)23(2)3)36-30-14-12-29(34)13-15-30;1-3-7-22(19-13-11-18(12-14-19)8-6-15-30-4-2)28-24(29)20(17-26)16-21-9-5-10-23(25)27-21;1-3-5-4-2;;/h7-16,22,24,32,35-36H,1-2,5-6,17-21H2,3-4H3;5,9-14,16,22H,2-4,6-8,15H2,1H3,(H,28,29);1-5H2;;/q2*-1;-2;2*+2/b;20-16+;;;/t24-,32+;;;;/m0..../s1. The van der Waals surface area contributed by atoms with Crippen molar-refractivity contribution in [1.29, 1.82) is 5.26 Å². The Kier molecular flexibility index (Phi) is 35.0. The minimum absolute atomic E-state index is 0. The van der Waals surface area contributed by atoms with Crippen LogP contribution in [0.2, 0.25) is 5.02 Å². The van der Waals surface area contributed by atoms with Crippen LogP contribution in [0, 0.1) is 101 Å². The molecule has 3 atom stereocenters. The molecule has 0 saturated carbocycles. The topological polar surface area (TPSA) is 121 Å². The number of nitrogens with one attached hydrogen (secondary N) is 3. The number of aryl methyl sites for hydroxylation is 1. The van der Waals surface area contributed by atoms with Crippen LogP contribution >= 0.6 is 27.5 Å². The summed E-state index contributed by atoms with van der Waals surface area (Å²) < 4.78 is 16.7. The molecule has 6 rings (SSSR count). The van der Waals surface area contributed by atoms with E-state index in [-0.39, 0.29) is 79.9 Å². The van der Waals surface area contributed by atoms with E-state index in [0.29, 0.717) is 62.5 Å². The molecule has 3 N–H and O–H groups in total. The Morgan fingerprint density at radius 2 is 1.54 bits per heavy atom. The second-order valence-electron chi connectivity index (χ2n) is 17.8. The average Bonchev–Trinajstić information content (AvgIpc) is 3.40. The molecule has 10 nitrogen and oxygen atoms in total. The fourth-order valence-corrected chi connectivity index (χ4v) is 8.78. The van der Waals surface area contributed by atoms with Gasteiger partial charge in [-0.25, -0.2) is 4.98 Å². The van der Waals surface area contributed by atoms with Crippen molar-refractivity contribution in [3.63, 3.8) is 0 Å². The molecular weight excluding hydrogens is 1480 g/mol. The second-order valence-corrected chi connectivity index (χ2v) is 19.0. The predicted octanol–water partition coefficient (Wildman–Crippen LogP) is 14.7. The summed E-state index contributed by atoms with van der Waals surface area (Å²) in [6.45, 7) is 33.5. The van der Waals surface area contributed by atoms with Crippen LogP contribution < -0.4 is 20.9 Å². The Hall–Kier alpha value is -3.64. The largest absolute Gasteiger partial charge is 2.00 e. The quantitative estimate of drug-likeness (QED) is 0.0163. The zero-order valence-electron chi connectivity index (χ0n) is 44.8. The smallest absolute Gasteiger partial charge is 0.413 e. The number of unbranched alkanes of at least 4 members (excludes halogenated alkanes) is 2. The summed E-state index contributed by atoms with van der Waals surface area (Å²) in [6, 6.07) is 39.1. The van der Waals surface area contributed by atoms with E-state index >= 15 is 0 Å². The zero-order valence-corrected chi connectivity index (χ0v) is 55.5. The number of ether oxygens (including phenoxy) is 3. The maximum absolute atomic E-state index is 12.7. The maximum atomic E-state index is 12.7. The van der Waals surface area contributed by atoms with Crippen molar-refractivity contribution in [2.24, 2.45) is 0 Å². The van der Waals surface area contributed by atoms with E-state index in [2.05, 4.69) is 158 Å². The molecule has 4 aromatic carbocycles. The van der Waals surface area contributed by atoms with Crippen molar-refractivity contribution in [1.82, 2.24) is 15.6 Å². The molecule has 1 amide bonds. The molecule has 76 heavy (non-hydrogen) atoms. The molecule has 0 bridgehead atoms.